The maximum atomic E-state index is 12.4. The van der Waals surface area contributed by atoms with E-state index in [0.717, 1.165) is 54.8 Å². The van der Waals surface area contributed by atoms with Crippen molar-refractivity contribution in [3.8, 4) is 0 Å². The SMILES string of the molecule is O=C(NCCN1CCOCC1)c1ccc2[nH]c3ncccc3c2c1. The van der Waals surface area contributed by atoms with Crippen molar-refractivity contribution in [3.63, 3.8) is 0 Å². The molecule has 4 rings (SSSR count). The van der Waals surface area contributed by atoms with E-state index in [4.69, 9.17) is 4.74 Å². The second-order valence-corrected chi connectivity index (χ2v) is 5.99. The zero-order valence-electron chi connectivity index (χ0n) is 13.4. The third-order valence-electron chi connectivity index (χ3n) is 4.45. The van der Waals surface area contributed by atoms with Gasteiger partial charge >= 0.3 is 0 Å². The molecular formula is C18H20N4O2. The van der Waals surface area contributed by atoms with Crippen LogP contribution in [-0.2, 0) is 4.74 Å². The van der Waals surface area contributed by atoms with Gasteiger partial charge in [-0.25, -0.2) is 4.98 Å². The van der Waals surface area contributed by atoms with Crippen LogP contribution in [0.15, 0.2) is 36.5 Å². The molecule has 1 aliphatic rings. The summed E-state index contributed by atoms with van der Waals surface area (Å²) in [6, 6.07) is 9.64. The Bertz CT molecular complexity index is 868. The van der Waals surface area contributed by atoms with Crippen LogP contribution in [-0.4, -0.2) is 60.2 Å². The summed E-state index contributed by atoms with van der Waals surface area (Å²) in [7, 11) is 0. The number of hydrogen-bond acceptors (Lipinski definition) is 4. The molecule has 1 fully saturated rings. The second kappa shape index (κ2) is 6.59. The normalized spacial score (nSPS) is 15.8. The molecule has 1 saturated heterocycles. The molecule has 0 spiro atoms. The molecule has 2 aromatic heterocycles. The lowest BCUT2D eigenvalue weighted by molar-refractivity contribution is 0.0383. The number of nitrogens with one attached hydrogen (secondary N) is 2. The molecule has 6 heteroatoms. The number of amides is 1. The third-order valence-corrected chi connectivity index (χ3v) is 4.45. The molecule has 1 amide bonds. The molecule has 2 N–H and O–H groups in total. The van der Waals surface area contributed by atoms with Crippen LogP contribution in [0.3, 0.4) is 0 Å². The minimum atomic E-state index is -0.0385. The molecule has 3 heterocycles. The second-order valence-electron chi connectivity index (χ2n) is 5.99. The average Bonchev–Trinajstić information content (AvgIpc) is 3.00. The Kier molecular flexibility index (Phi) is 4.15. The molecule has 1 aromatic carbocycles. The quantitative estimate of drug-likeness (QED) is 0.767. The van der Waals surface area contributed by atoms with Gasteiger partial charge in [0.2, 0.25) is 0 Å². The number of aromatic nitrogens is 2. The number of carbonyl (C=O) groups is 1. The van der Waals surface area contributed by atoms with E-state index >= 15 is 0 Å². The van der Waals surface area contributed by atoms with Crippen LogP contribution >= 0.6 is 0 Å². The zero-order chi connectivity index (χ0) is 16.4. The number of rotatable bonds is 4. The van der Waals surface area contributed by atoms with Crippen molar-refractivity contribution in [1.29, 1.82) is 0 Å². The van der Waals surface area contributed by atoms with Crippen LogP contribution in [0.5, 0.6) is 0 Å². The van der Waals surface area contributed by atoms with Gasteiger partial charge in [-0.3, -0.25) is 9.69 Å². The molecule has 24 heavy (non-hydrogen) atoms. The van der Waals surface area contributed by atoms with E-state index in [1.807, 2.05) is 30.3 Å². The van der Waals surface area contributed by atoms with Crippen molar-refractivity contribution in [2.75, 3.05) is 39.4 Å². The largest absolute Gasteiger partial charge is 0.379 e. The van der Waals surface area contributed by atoms with Gasteiger partial charge in [-0.2, -0.15) is 0 Å². The lowest BCUT2D eigenvalue weighted by Crippen LogP contribution is -2.41. The lowest BCUT2D eigenvalue weighted by Gasteiger charge is -2.26. The number of aromatic amines is 1. The molecule has 1 aliphatic heterocycles. The summed E-state index contributed by atoms with van der Waals surface area (Å²) in [6.45, 7) is 4.92. The van der Waals surface area contributed by atoms with E-state index in [-0.39, 0.29) is 5.91 Å². The third kappa shape index (κ3) is 2.98. The molecule has 0 atom stereocenters. The van der Waals surface area contributed by atoms with E-state index in [0.29, 0.717) is 12.1 Å². The zero-order valence-corrected chi connectivity index (χ0v) is 13.4. The average molecular weight is 324 g/mol. The first-order valence-corrected chi connectivity index (χ1v) is 8.26. The lowest BCUT2D eigenvalue weighted by atomic mass is 10.1. The highest BCUT2D eigenvalue weighted by atomic mass is 16.5. The fraction of sp³-hybridized carbons (Fsp3) is 0.333. The number of nitrogens with zero attached hydrogens (tertiary/aromatic N) is 2. The molecular weight excluding hydrogens is 304 g/mol. The number of benzene rings is 1. The summed E-state index contributed by atoms with van der Waals surface area (Å²) in [5.74, 6) is -0.0385. The first kappa shape index (κ1) is 15.1. The van der Waals surface area contributed by atoms with Crippen molar-refractivity contribution >= 4 is 27.8 Å². The maximum Gasteiger partial charge on any atom is 0.251 e. The van der Waals surface area contributed by atoms with Crippen LogP contribution < -0.4 is 5.32 Å². The molecule has 0 unspecified atom stereocenters. The minimum Gasteiger partial charge on any atom is -0.379 e. The predicted octanol–water partition coefficient (Wildman–Crippen LogP) is 1.78. The van der Waals surface area contributed by atoms with Gasteiger partial charge in [0, 0.05) is 54.2 Å². The molecule has 0 saturated carbocycles. The fourth-order valence-corrected chi connectivity index (χ4v) is 3.12. The topological polar surface area (TPSA) is 70.2 Å². The Labute approximate surface area is 139 Å². The summed E-state index contributed by atoms with van der Waals surface area (Å²) in [5, 5.41) is 5.07. The van der Waals surface area contributed by atoms with Crippen LogP contribution in [0.25, 0.3) is 21.9 Å². The van der Waals surface area contributed by atoms with E-state index < -0.39 is 0 Å². The molecule has 0 aliphatic carbocycles. The molecule has 0 radical (unpaired) electrons. The number of fused-ring (bicyclic) bond motifs is 3. The standard InChI is InChI=1S/C18H20N4O2/c23-18(20-6-7-22-8-10-24-11-9-22)13-3-4-16-15(12-13)14-2-1-5-19-17(14)21-16/h1-5,12H,6-11H2,(H,19,21)(H,20,23). The van der Waals surface area contributed by atoms with Crippen LogP contribution in [0.1, 0.15) is 10.4 Å². The van der Waals surface area contributed by atoms with Gasteiger partial charge in [0.05, 0.1) is 13.2 Å². The molecule has 3 aromatic rings. The van der Waals surface area contributed by atoms with Gasteiger partial charge in [0.1, 0.15) is 5.65 Å². The van der Waals surface area contributed by atoms with E-state index in [1.54, 1.807) is 6.20 Å². The van der Waals surface area contributed by atoms with Crippen LogP contribution in [0.2, 0.25) is 0 Å². The highest BCUT2D eigenvalue weighted by Gasteiger charge is 2.12. The summed E-state index contributed by atoms with van der Waals surface area (Å²) in [6.07, 6.45) is 1.76. The smallest absolute Gasteiger partial charge is 0.251 e. The number of hydrogen-bond donors (Lipinski definition) is 2. The highest BCUT2D eigenvalue weighted by Crippen LogP contribution is 2.24. The van der Waals surface area contributed by atoms with Gasteiger partial charge < -0.3 is 15.0 Å². The van der Waals surface area contributed by atoms with Crippen LogP contribution in [0.4, 0.5) is 0 Å². The van der Waals surface area contributed by atoms with Gasteiger partial charge in [0.25, 0.3) is 5.91 Å². The molecule has 0 bridgehead atoms. The van der Waals surface area contributed by atoms with Gasteiger partial charge in [-0.15, -0.1) is 0 Å². The summed E-state index contributed by atoms with van der Waals surface area (Å²) < 4.78 is 5.33. The summed E-state index contributed by atoms with van der Waals surface area (Å²) >= 11 is 0. The monoisotopic (exact) mass is 324 g/mol. The number of H-pyrrole nitrogens is 1. The minimum absolute atomic E-state index is 0.0385. The van der Waals surface area contributed by atoms with Crippen molar-refractivity contribution in [3.05, 3.63) is 42.1 Å². The Morgan fingerprint density at radius 2 is 2.12 bits per heavy atom. The first-order valence-electron chi connectivity index (χ1n) is 8.26. The number of pyridine rings is 1. The Hall–Kier alpha value is -2.44. The maximum absolute atomic E-state index is 12.4. The summed E-state index contributed by atoms with van der Waals surface area (Å²) in [5.41, 5.74) is 2.51. The van der Waals surface area contributed by atoms with Crippen molar-refractivity contribution in [1.82, 2.24) is 20.2 Å². The summed E-state index contributed by atoms with van der Waals surface area (Å²) in [4.78, 5) is 22.3. The first-order chi connectivity index (χ1) is 11.8. The van der Waals surface area contributed by atoms with Crippen LogP contribution in [0, 0.1) is 0 Å². The Balaban J connectivity index is 1.46. The Morgan fingerprint density at radius 1 is 1.25 bits per heavy atom. The number of morpholine rings is 1. The predicted molar refractivity (Wildman–Crippen MR) is 93.2 cm³/mol. The molecule has 124 valence electrons. The van der Waals surface area contributed by atoms with Crippen molar-refractivity contribution < 1.29 is 9.53 Å². The van der Waals surface area contributed by atoms with Crippen molar-refractivity contribution in [2.24, 2.45) is 0 Å². The van der Waals surface area contributed by atoms with E-state index in [2.05, 4.69) is 20.2 Å². The van der Waals surface area contributed by atoms with Gasteiger partial charge in [-0.1, -0.05) is 0 Å². The fourth-order valence-electron chi connectivity index (χ4n) is 3.12. The Morgan fingerprint density at radius 3 is 3.00 bits per heavy atom. The van der Waals surface area contributed by atoms with E-state index in [9.17, 15) is 4.79 Å². The van der Waals surface area contributed by atoms with Gasteiger partial charge in [-0.05, 0) is 30.3 Å². The number of carbonyl (C=O) groups excluding carboxylic acids is 1. The van der Waals surface area contributed by atoms with Crippen molar-refractivity contribution in [2.45, 2.75) is 0 Å². The highest BCUT2D eigenvalue weighted by molar-refractivity contribution is 6.08. The number of ether oxygens (including phenoxy) is 1. The molecule has 6 nitrogen and oxygen atoms in total. The van der Waals surface area contributed by atoms with Gasteiger partial charge in [0.15, 0.2) is 0 Å². The van der Waals surface area contributed by atoms with E-state index in [1.165, 1.54) is 0 Å².